The lowest BCUT2D eigenvalue weighted by molar-refractivity contribution is 0.513. The fourth-order valence-corrected chi connectivity index (χ4v) is 0.824. The van der Waals surface area contributed by atoms with E-state index in [1.54, 1.807) is 24.5 Å². The summed E-state index contributed by atoms with van der Waals surface area (Å²) in [6.07, 6.45) is 4.85. The van der Waals surface area contributed by atoms with E-state index in [2.05, 4.69) is 18.1 Å². The van der Waals surface area contributed by atoms with Crippen LogP contribution in [0.2, 0.25) is 0 Å². The average Bonchev–Trinajstić information content (AvgIpc) is 2.04. The van der Waals surface area contributed by atoms with Gasteiger partial charge < -0.3 is 5.11 Å². The van der Waals surface area contributed by atoms with Gasteiger partial charge in [0.2, 0.25) is 0 Å². The predicted octanol–water partition coefficient (Wildman–Crippen LogP) is 2.25. The van der Waals surface area contributed by atoms with Crippen LogP contribution < -0.4 is 0 Å². The van der Waals surface area contributed by atoms with Gasteiger partial charge in [0, 0.05) is 18.0 Å². The minimum Gasteiger partial charge on any atom is -0.508 e. The van der Waals surface area contributed by atoms with Crippen molar-refractivity contribution in [1.82, 2.24) is 4.98 Å². The van der Waals surface area contributed by atoms with Crippen molar-refractivity contribution in [2.75, 3.05) is 0 Å². The molecule has 0 aliphatic carbocycles. The maximum absolute atomic E-state index is 9.05. The first-order valence-electron chi connectivity index (χ1n) is 3.20. The molecule has 2 heteroatoms. The Labute approximate surface area is 65.5 Å². The molecule has 0 spiro atoms. The summed E-state index contributed by atoms with van der Waals surface area (Å²) in [5.74, 6) is 0.0213. The third-order valence-electron chi connectivity index (χ3n) is 1.39. The number of pyridine rings is 1. The van der Waals surface area contributed by atoms with Gasteiger partial charge in [0.25, 0.3) is 0 Å². The number of rotatable bonds is 2. The van der Waals surface area contributed by atoms with E-state index in [0.29, 0.717) is 5.56 Å². The SMILES string of the molecule is C=Cc1ccncc1C(=C)O. The third kappa shape index (κ3) is 1.46. The number of hydrogen-bond acceptors (Lipinski definition) is 2. The summed E-state index contributed by atoms with van der Waals surface area (Å²) in [7, 11) is 0. The lowest BCUT2D eigenvalue weighted by Crippen LogP contribution is -1.86. The smallest absolute Gasteiger partial charge is 0.117 e. The van der Waals surface area contributed by atoms with Crippen molar-refractivity contribution >= 4 is 11.8 Å². The van der Waals surface area contributed by atoms with Crippen molar-refractivity contribution in [1.29, 1.82) is 0 Å². The highest BCUT2D eigenvalue weighted by Gasteiger charge is 1.99. The maximum Gasteiger partial charge on any atom is 0.117 e. The Morgan fingerprint density at radius 3 is 2.82 bits per heavy atom. The summed E-state index contributed by atoms with van der Waals surface area (Å²) >= 11 is 0. The summed E-state index contributed by atoms with van der Waals surface area (Å²) < 4.78 is 0. The molecule has 0 amide bonds. The second kappa shape index (κ2) is 3.01. The van der Waals surface area contributed by atoms with Crippen LogP contribution in [0, 0.1) is 0 Å². The number of hydrogen-bond donors (Lipinski definition) is 1. The van der Waals surface area contributed by atoms with Crippen molar-refractivity contribution in [3.63, 3.8) is 0 Å². The van der Waals surface area contributed by atoms with E-state index in [0.717, 1.165) is 5.56 Å². The Bertz CT molecular complexity index is 291. The van der Waals surface area contributed by atoms with Crippen LogP contribution >= 0.6 is 0 Å². The highest BCUT2D eigenvalue weighted by Crippen LogP contribution is 2.14. The molecule has 0 unspecified atom stereocenters. The van der Waals surface area contributed by atoms with Gasteiger partial charge in [0.15, 0.2) is 0 Å². The second-order valence-corrected chi connectivity index (χ2v) is 2.11. The van der Waals surface area contributed by atoms with E-state index in [1.807, 2.05) is 0 Å². The molecule has 0 aliphatic rings. The Morgan fingerprint density at radius 1 is 1.64 bits per heavy atom. The molecular weight excluding hydrogens is 138 g/mol. The lowest BCUT2D eigenvalue weighted by atomic mass is 10.1. The molecule has 1 heterocycles. The Kier molecular flexibility index (Phi) is 2.06. The Balaban J connectivity index is 3.22. The summed E-state index contributed by atoms with van der Waals surface area (Å²) in [5, 5.41) is 9.05. The van der Waals surface area contributed by atoms with Crippen LogP contribution in [0.3, 0.4) is 0 Å². The standard InChI is InChI=1S/C9H9NO/c1-3-8-4-5-10-6-9(8)7(2)11/h3-6,11H,1-2H2. The average molecular weight is 147 g/mol. The van der Waals surface area contributed by atoms with E-state index in [4.69, 9.17) is 5.11 Å². The van der Waals surface area contributed by atoms with Crippen molar-refractivity contribution in [2.45, 2.75) is 0 Å². The molecule has 1 aromatic rings. The van der Waals surface area contributed by atoms with E-state index in [1.165, 1.54) is 0 Å². The van der Waals surface area contributed by atoms with Gasteiger partial charge in [-0.25, -0.2) is 0 Å². The van der Waals surface area contributed by atoms with E-state index < -0.39 is 0 Å². The summed E-state index contributed by atoms with van der Waals surface area (Å²) in [6.45, 7) is 7.00. The fourth-order valence-electron chi connectivity index (χ4n) is 0.824. The normalized spacial score (nSPS) is 9.09. The van der Waals surface area contributed by atoms with E-state index in [9.17, 15) is 0 Å². The number of aliphatic hydroxyl groups is 1. The largest absolute Gasteiger partial charge is 0.508 e. The molecule has 0 bridgehead atoms. The monoisotopic (exact) mass is 147 g/mol. The molecule has 0 saturated carbocycles. The van der Waals surface area contributed by atoms with Crippen LogP contribution in [0.1, 0.15) is 11.1 Å². The van der Waals surface area contributed by atoms with Gasteiger partial charge >= 0.3 is 0 Å². The third-order valence-corrected chi connectivity index (χ3v) is 1.39. The molecule has 1 N–H and O–H groups in total. The van der Waals surface area contributed by atoms with E-state index >= 15 is 0 Å². The number of aliphatic hydroxyl groups excluding tert-OH is 1. The summed E-state index contributed by atoms with van der Waals surface area (Å²) in [4.78, 5) is 3.85. The van der Waals surface area contributed by atoms with Crippen LogP contribution in [0.5, 0.6) is 0 Å². The molecule has 11 heavy (non-hydrogen) atoms. The molecule has 1 rings (SSSR count). The van der Waals surface area contributed by atoms with Crippen molar-refractivity contribution in [3.8, 4) is 0 Å². The van der Waals surface area contributed by atoms with Crippen LogP contribution in [0.25, 0.3) is 11.8 Å². The molecule has 2 nitrogen and oxygen atoms in total. The van der Waals surface area contributed by atoms with Crippen LogP contribution in [-0.4, -0.2) is 10.1 Å². The van der Waals surface area contributed by atoms with Gasteiger partial charge in [-0.2, -0.15) is 0 Å². The van der Waals surface area contributed by atoms with Gasteiger partial charge in [-0.05, 0) is 11.6 Å². The zero-order valence-corrected chi connectivity index (χ0v) is 6.12. The van der Waals surface area contributed by atoms with Crippen molar-refractivity contribution in [3.05, 3.63) is 42.7 Å². The quantitative estimate of drug-likeness (QED) is 0.651. The predicted molar refractivity (Wildman–Crippen MR) is 46.0 cm³/mol. The number of aromatic nitrogens is 1. The highest BCUT2D eigenvalue weighted by molar-refractivity contribution is 5.66. The molecule has 0 atom stereocenters. The molecule has 0 radical (unpaired) electrons. The minimum absolute atomic E-state index is 0.0213. The van der Waals surface area contributed by atoms with Crippen molar-refractivity contribution < 1.29 is 5.11 Å². The fraction of sp³-hybridized carbons (Fsp3) is 0. The highest BCUT2D eigenvalue weighted by atomic mass is 16.3. The Morgan fingerprint density at radius 2 is 2.36 bits per heavy atom. The first kappa shape index (κ1) is 7.54. The summed E-state index contributed by atoms with van der Waals surface area (Å²) in [5.41, 5.74) is 1.47. The van der Waals surface area contributed by atoms with Gasteiger partial charge in [0.1, 0.15) is 5.76 Å². The zero-order chi connectivity index (χ0) is 8.27. The minimum atomic E-state index is 0.0213. The molecule has 0 saturated heterocycles. The van der Waals surface area contributed by atoms with Gasteiger partial charge in [-0.3, -0.25) is 4.98 Å². The van der Waals surface area contributed by atoms with Crippen molar-refractivity contribution in [2.24, 2.45) is 0 Å². The molecule has 0 fully saturated rings. The molecular formula is C9H9NO. The molecule has 1 aromatic heterocycles. The zero-order valence-electron chi connectivity index (χ0n) is 6.12. The number of nitrogens with zero attached hydrogens (tertiary/aromatic N) is 1. The Hall–Kier alpha value is -1.57. The van der Waals surface area contributed by atoms with Gasteiger partial charge in [-0.15, -0.1) is 0 Å². The summed E-state index contributed by atoms with van der Waals surface area (Å²) in [6, 6.07) is 1.77. The molecule has 56 valence electrons. The lowest BCUT2D eigenvalue weighted by Gasteiger charge is -2.00. The maximum atomic E-state index is 9.05. The molecule has 0 aromatic carbocycles. The van der Waals surface area contributed by atoms with E-state index in [-0.39, 0.29) is 5.76 Å². The van der Waals surface area contributed by atoms with Crippen LogP contribution in [-0.2, 0) is 0 Å². The van der Waals surface area contributed by atoms with Gasteiger partial charge in [0.05, 0.1) is 0 Å². The second-order valence-electron chi connectivity index (χ2n) is 2.11. The first-order chi connectivity index (χ1) is 5.25. The molecule has 0 aliphatic heterocycles. The van der Waals surface area contributed by atoms with Crippen LogP contribution in [0.4, 0.5) is 0 Å². The van der Waals surface area contributed by atoms with Gasteiger partial charge in [-0.1, -0.05) is 19.2 Å². The topological polar surface area (TPSA) is 33.1 Å². The first-order valence-corrected chi connectivity index (χ1v) is 3.20. The van der Waals surface area contributed by atoms with Crippen LogP contribution in [0.15, 0.2) is 31.6 Å².